The number of rotatable bonds is 5. The van der Waals surface area contributed by atoms with Crippen LogP contribution in [0.25, 0.3) is 11.0 Å². The zero-order valence-corrected chi connectivity index (χ0v) is 12.1. The van der Waals surface area contributed by atoms with Crippen molar-refractivity contribution in [1.29, 1.82) is 0 Å². The molecule has 3 aromatic heterocycles. The van der Waals surface area contributed by atoms with Crippen LogP contribution in [0.4, 0.5) is 11.8 Å². The molecule has 0 fully saturated rings. The molecule has 0 aliphatic heterocycles. The van der Waals surface area contributed by atoms with E-state index in [-0.39, 0.29) is 0 Å². The molecule has 0 radical (unpaired) electrons. The molecule has 20 heavy (non-hydrogen) atoms. The summed E-state index contributed by atoms with van der Waals surface area (Å²) >= 11 is 1.67. The van der Waals surface area contributed by atoms with E-state index in [1.807, 2.05) is 20.0 Å². The number of fused-ring (bicyclic) bond motifs is 1. The molecule has 3 rings (SSSR count). The first-order valence-electron chi connectivity index (χ1n) is 6.36. The fraction of sp³-hybridized carbons (Fsp3) is 0.333. The van der Waals surface area contributed by atoms with Gasteiger partial charge in [-0.3, -0.25) is 5.10 Å². The van der Waals surface area contributed by atoms with Gasteiger partial charge in [-0.2, -0.15) is 15.1 Å². The molecule has 0 atom stereocenters. The SMILES string of the molecule is CCNc1nc(NCc2cnc(C)s2)c2cn[nH]c2n1. The van der Waals surface area contributed by atoms with Crippen LogP contribution < -0.4 is 10.6 Å². The van der Waals surface area contributed by atoms with E-state index in [9.17, 15) is 0 Å². The van der Waals surface area contributed by atoms with Gasteiger partial charge in [-0.1, -0.05) is 0 Å². The second-order valence-electron chi connectivity index (χ2n) is 4.26. The van der Waals surface area contributed by atoms with Crippen LogP contribution in [-0.4, -0.2) is 31.7 Å². The molecule has 0 bridgehead atoms. The minimum atomic E-state index is 0.590. The standard InChI is InChI=1S/C12H15N7S/c1-3-13-12-17-10(9-6-16-19-11(9)18-12)15-5-8-4-14-7(2)20-8/h4,6H,3,5H2,1-2H3,(H3,13,15,16,17,18,19). The van der Waals surface area contributed by atoms with Crippen LogP contribution in [0, 0.1) is 6.92 Å². The maximum absolute atomic E-state index is 4.48. The van der Waals surface area contributed by atoms with Crippen LogP contribution in [0.3, 0.4) is 0 Å². The largest absolute Gasteiger partial charge is 0.364 e. The van der Waals surface area contributed by atoms with Gasteiger partial charge in [0.05, 0.1) is 23.1 Å². The summed E-state index contributed by atoms with van der Waals surface area (Å²) in [7, 11) is 0. The molecule has 0 amide bonds. The van der Waals surface area contributed by atoms with Crippen LogP contribution in [0.15, 0.2) is 12.4 Å². The molecule has 3 heterocycles. The van der Waals surface area contributed by atoms with Crippen molar-refractivity contribution in [2.75, 3.05) is 17.2 Å². The third-order valence-electron chi connectivity index (χ3n) is 2.74. The maximum Gasteiger partial charge on any atom is 0.226 e. The molecule has 0 unspecified atom stereocenters. The minimum absolute atomic E-state index is 0.590. The van der Waals surface area contributed by atoms with Crippen molar-refractivity contribution in [1.82, 2.24) is 25.1 Å². The van der Waals surface area contributed by atoms with Gasteiger partial charge in [0, 0.05) is 17.6 Å². The van der Waals surface area contributed by atoms with E-state index in [4.69, 9.17) is 0 Å². The van der Waals surface area contributed by atoms with E-state index < -0.39 is 0 Å². The van der Waals surface area contributed by atoms with Crippen molar-refractivity contribution in [3.8, 4) is 0 Å². The third-order valence-corrected chi connectivity index (χ3v) is 3.66. The van der Waals surface area contributed by atoms with Gasteiger partial charge in [-0.15, -0.1) is 11.3 Å². The van der Waals surface area contributed by atoms with Crippen LogP contribution in [0.1, 0.15) is 16.8 Å². The summed E-state index contributed by atoms with van der Waals surface area (Å²) in [4.78, 5) is 14.2. The summed E-state index contributed by atoms with van der Waals surface area (Å²) < 4.78 is 0. The Morgan fingerprint density at radius 2 is 2.15 bits per heavy atom. The van der Waals surface area contributed by atoms with Crippen molar-refractivity contribution >= 4 is 34.1 Å². The van der Waals surface area contributed by atoms with Crippen molar-refractivity contribution in [3.05, 3.63) is 22.3 Å². The summed E-state index contributed by atoms with van der Waals surface area (Å²) in [5.74, 6) is 1.36. The highest BCUT2D eigenvalue weighted by Gasteiger charge is 2.09. The quantitative estimate of drug-likeness (QED) is 0.666. The Bertz CT molecular complexity index is 717. The molecule has 0 aromatic carbocycles. The molecule has 104 valence electrons. The van der Waals surface area contributed by atoms with Crippen LogP contribution in [-0.2, 0) is 6.54 Å². The smallest absolute Gasteiger partial charge is 0.226 e. The van der Waals surface area contributed by atoms with E-state index in [2.05, 4.69) is 35.8 Å². The summed E-state index contributed by atoms with van der Waals surface area (Å²) in [6.45, 7) is 5.46. The molecule has 0 spiro atoms. The molecular formula is C12H15N7S. The average molecular weight is 289 g/mol. The van der Waals surface area contributed by atoms with Crippen LogP contribution in [0.5, 0.6) is 0 Å². The number of aromatic amines is 1. The second-order valence-corrected chi connectivity index (χ2v) is 5.58. The topological polar surface area (TPSA) is 91.4 Å². The fourth-order valence-corrected chi connectivity index (χ4v) is 2.60. The van der Waals surface area contributed by atoms with E-state index in [1.54, 1.807) is 17.5 Å². The van der Waals surface area contributed by atoms with E-state index >= 15 is 0 Å². The lowest BCUT2D eigenvalue weighted by Gasteiger charge is -2.07. The number of hydrogen-bond donors (Lipinski definition) is 3. The van der Waals surface area contributed by atoms with Gasteiger partial charge in [0.15, 0.2) is 5.65 Å². The van der Waals surface area contributed by atoms with Crippen molar-refractivity contribution in [2.45, 2.75) is 20.4 Å². The number of anilines is 2. The maximum atomic E-state index is 4.48. The molecule has 8 heteroatoms. The van der Waals surface area contributed by atoms with Gasteiger partial charge >= 0.3 is 0 Å². The van der Waals surface area contributed by atoms with E-state index in [0.29, 0.717) is 12.5 Å². The number of aryl methyl sites for hydroxylation is 1. The zero-order chi connectivity index (χ0) is 13.9. The van der Waals surface area contributed by atoms with Gasteiger partial charge < -0.3 is 10.6 Å². The average Bonchev–Trinajstić information content (AvgIpc) is 3.05. The highest BCUT2D eigenvalue weighted by molar-refractivity contribution is 7.11. The third kappa shape index (κ3) is 2.55. The van der Waals surface area contributed by atoms with Crippen molar-refractivity contribution in [3.63, 3.8) is 0 Å². The van der Waals surface area contributed by atoms with Crippen molar-refractivity contribution < 1.29 is 0 Å². The molecule has 0 saturated carbocycles. The van der Waals surface area contributed by atoms with Crippen LogP contribution in [0.2, 0.25) is 0 Å². The van der Waals surface area contributed by atoms with Gasteiger partial charge in [-0.25, -0.2) is 4.98 Å². The molecule has 0 aliphatic rings. The Morgan fingerprint density at radius 3 is 2.90 bits per heavy atom. The monoisotopic (exact) mass is 289 g/mol. The number of nitrogens with one attached hydrogen (secondary N) is 3. The van der Waals surface area contributed by atoms with Crippen molar-refractivity contribution in [2.24, 2.45) is 0 Å². The Morgan fingerprint density at radius 1 is 1.25 bits per heavy atom. The highest BCUT2D eigenvalue weighted by atomic mass is 32.1. The predicted molar refractivity (Wildman–Crippen MR) is 80.0 cm³/mol. The Balaban J connectivity index is 1.87. The minimum Gasteiger partial charge on any atom is -0.364 e. The molecular weight excluding hydrogens is 274 g/mol. The normalized spacial score (nSPS) is 10.9. The van der Waals surface area contributed by atoms with Gasteiger partial charge in [0.25, 0.3) is 0 Å². The first kappa shape index (κ1) is 12.8. The summed E-state index contributed by atoms with van der Waals surface area (Å²) in [6, 6.07) is 0. The lowest BCUT2D eigenvalue weighted by atomic mass is 10.4. The second kappa shape index (κ2) is 5.41. The van der Waals surface area contributed by atoms with Gasteiger partial charge in [-0.05, 0) is 13.8 Å². The molecule has 0 aliphatic carbocycles. The zero-order valence-electron chi connectivity index (χ0n) is 11.3. The predicted octanol–water partition coefficient (Wildman–Crippen LogP) is 2.16. The Labute approximate surface area is 119 Å². The number of aromatic nitrogens is 5. The lowest BCUT2D eigenvalue weighted by Crippen LogP contribution is -2.06. The van der Waals surface area contributed by atoms with E-state index in [0.717, 1.165) is 28.4 Å². The molecule has 3 aromatic rings. The van der Waals surface area contributed by atoms with Gasteiger partial charge in [0.1, 0.15) is 5.82 Å². The van der Waals surface area contributed by atoms with Crippen LogP contribution >= 0.6 is 11.3 Å². The molecule has 7 nitrogen and oxygen atoms in total. The number of hydrogen-bond acceptors (Lipinski definition) is 7. The van der Waals surface area contributed by atoms with Gasteiger partial charge in [0.2, 0.25) is 5.95 Å². The summed E-state index contributed by atoms with van der Waals surface area (Å²) in [5.41, 5.74) is 0.721. The highest BCUT2D eigenvalue weighted by Crippen LogP contribution is 2.21. The summed E-state index contributed by atoms with van der Waals surface area (Å²) in [6.07, 6.45) is 3.61. The first-order valence-corrected chi connectivity index (χ1v) is 7.18. The number of H-pyrrole nitrogens is 1. The Hall–Kier alpha value is -2.22. The molecule has 3 N–H and O–H groups in total. The Kier molecular flexibility index (Phi) is 3.46. The molecule has 0 saturated heterocycles. The number of nitrogens with zero attached hydrogens (tertiary/aromatic N) is 4. The number of thiazole rings is 1. The fourth-order valence-electron chi connectivity index (χ4n) is 1.86. The summed E-state index contributed by atoms with van der Waals surface area (Å²) in [5, 5.41) is 15.3. The van der Waals surface area contributed by atoms with E-state index in [1.165, 1.54) is 4.88 Å². The first-order chi connectivity index (χ1) is 9.76. The lowest BCUT2D eigenvalue weighted by molar-refractivity contribution is 1.06.